The van der Waals surface area contributed by atoms with Gasteiger partial charge in [-0.25, -0.2) is 22.2 Å². The number of nitrogens with one attached hydrogen (secondary N) is 1. The van der Waals surface area contributed by atoms with Gasteiger partial charge >= 0.3 is 0 Å². The molecule has 8 heteroatoms. The molecule has 0 saturated heterocycles. The Kier molecular flexibility index (Phi) is 4.85. The Morgan fingerprint density at radius 2 is 1.77 bits per heavy atom. The third-order valence-electron chi connectivity index (χ3n) is 3.62. The van der Waals surface area contributed by atoms with E-state index in [9.17, 15) is 17.6 Å². The molecule has 1 amide bonds. The number of aromatic nitrogens is 2. The van der Waals surface area contributed by atoms with Gasteiger partial charge in [0.2, 0.25) is 5.91 Å². The number of sulfonamides is 1. The lowest BCUT2D eigenvalue weighted by Crippen LogP contribution is -2.32. The minimum absolute atomic E-state index is 0.170. The van der Waals surface area contributed by atoms with Gasteiger partial charge in [-0.1, -0.05) is 18.2 Å². The van der Waals surface area contributed by atoms with E-state index < -0.39 is 21.7 Å². The molecule has 1 N–H and O–H groups in total. The van der Waals surface area contributed by atoms with Crippen molar-refractivity contribution in [2.24, 2.45) is 0 Å². The van der Waals surface area contributed by atoms with Gasteiger partial charge in [0.1, 0.15) is 5.82 Å². The number of benzene rings is 2. The van der Waals surface area contributed by atoms with Crippen LogP contribution in [0.15, 0.2) is 65.6 Å². The summed E-state index contributed by atoms with van der Waals surface area (Å²) >= 11 is 0. The maximum atomic E-state index is 12.9. The molecule has 0 radical (unpaired) electrons. The fraction of sp³-hybridized carbons (Fsp3) is 0.111. The van der Waals surface area contributed by atoms with Gasteiger partial charge in [-0.05, 0) is 49.4 Å². The Hall–Kier alpha value is -3.00. The summed E-state index contributed by atoms with van der Waals surface area (Å²) in [5, 5.41) is 4.34. The van der Waals surface area contributed by atoms with Crippen molar-refractivity contribution in [3.63, 3.8) is 0 Å². The van der Waals surface area contributed by atoms with Crippen molar-refractivity contribution in [3.05, 3.63) is 77.9 Å². The number of carbonyl (C=O) groups is 1. The monoisotopic (exact) mass is 373 g/mol. The van der Waals surface area contributed by atoms with Crippen LogP contribution in [0.5, 0.6) is 0 Å². The standard InChI is InChI=1S/C18H16FN3O3S/c1-13-11-16(22(20-13)15-5-3-2-4-6-15)12-18(23)21-26(24,25)17-9-7-14(19)8-10-17/h2-11H,12H2,1H3,(H,21,23). The van der Waals surface area contributed by atoms with E-state index in [-0.39, 0.29) is 11.3 Å². The summed E-state index contributed by atoms with van der Waals surface area (Å²) in [7, 11) is -4.06. The second kappa shape index (κ2) is 7.09. The van der Waals surface area contributed by atoms with Crippen LogP contribution in [0.25, 0.3) is 5.69 Å². The molecule has 0 atom stereocenters. The van der Waals surface area contributed by atoms with Crippen molar-refractivity contribution in [2.45, 2.75) is 18.2 Å². The van der Waals surface area contributed by atoms with Crippen LogP contribution < -0.4 is 4.72 Å². The van der Waals surface area contributed by atoms with Gasteiger partial charge in [0.05, 0.1) is 28.4 Å². The molecule has 0 spiro atoms. The summed E-state index contributed by atoms with van der Waals surface area (Å²) in [6.07, 6.45) is -0.170. The smallest absolute Gasteiger partial charge is 0.264 e. The van der Waals surface area contributed by atoms with E-state index in [0.29, 0.717) is 11.4 Å². The fourth-order valence-electron chi connectivity index (χ4n) is 2.49. The Morgan fingerprint density at radius 3 is 2.42 bits per heavy atom. The Labute approximate surface area is 150 Å². The first kappa shape index (κ1) is 17.8. The minimum Gasteiger partial charge on any atom is -0.274 e. The zero-order chi connectivity index (χ0) is 18.7. The molecule has 1 heterocycles. The molecule has 0 unspecified atom stereocenters. The highest BCUT2D eigenvalue weighted by Gasteiger charge is 2.19. The van der Waals surface area contributed by atoms with E-state index in [1.165, 1.54) is 0 Å². The van der Waals surface area contributed by atoms with Gasteiger partial charge in [-0.3, -0.25) is 4.79 Å². The second-order valence-corrected chi connectivity index (χ2v) is 7.37. The minimum atomic E-state index is -4.06. The molecular weight excluding hydrogens is 357 g/mol. The second-order valence-electron chi connectivity index (χ2n) is 5.68. The number of para-hydroxylation sites is 1. The van der Waals surface area contributed by atoms with Crippen molar-refractivity contribution in [1.82, 2.24) is 14.5 Å². The lowest BCUT2D eigenvalue weighted by Gasteiger charge is -2.09. The molecular formula is C18H16FN3O3S. The molecule has 1 aromatic heterocycles. The lowest BCUT2D eigenvalue weighted by atomic mass is 10.2. The Bertz CT molecular complexity index is 1030. The van der Waals surface area contributed by atoms with E-state index in [0.717, 1.165) is 30.0 Å². The summed E-state index contributed by atoms with van der Waals surface area (Å²) < 4.78 is 41.0. The SMILES string of the molecule is Cc1cc(CC(=O)NS(=O)(=O)c2ccc(F)cc2)n(-c2ccccc2)n1. The zero-order valence-electron chi connectivity index (χ0n) is 13.9. The first-order chi connectivity index (χ1) is 12.3. The average molecular weight is 373 g/mol. The van der Waals surface area contributed by atoms with Gasteiger partial charge in [-0.15, -0.1) is 0 Å². The van der Waals surface area contributed by atoms with Crippen LogP contribution in [0.1, 0.15) is 11.4 Å². The van der Waals surface area contributed by atoms with Crippen molar-refractivity contribution >= 4 is 15.9 Å². The number of amides is 1. The fourth-order valence-corrected chi connectivity index (χ4v) is 3.48. The predicted molar refractivity (Wildman–Crippen MR) is 93.7 cm³/mol. The van der Waals surface area contributed by atoms with Crippen molar-refractivity contribution in [3.8, 4) is 5.69 Å². The topological polar surface area (TPSA) is 81.1 Å². The van der Waals surface area contributed by atoms with Gasteiger partial charge in [0, 0.05) is 0 Å². The summed E-state index contributed by atoms with van der Waals surface area (Å²) in [6, 6.07) is 15.2. The largest absolute Gasteiger partial charge is 0.274 e. The number of hydrogen-bond donors (Lipinski definition) is 1. The van der Waals surface area contributed by atoms with Gasteiger partial charge in [-0.2, -0.15) is 5.10 Å². The summed E-state index contributed by atoms with van der Waals surface area (Å²) in [6.45, 7) is 1.79. The van der Waals surface area contributed by atoms with Crippen molar-refractivity contribution in [2.75, 3.05) is 0 Å². The molecule has 0 saturated carbocycles. The molecule has 0 aliphatic carbocycles. The van der Waals surface area contributed by atoms with Crippen molar-refractivity contribution in [1.29, 1.82) is 0 Å². The molecule has 6 nitrogen and oxygen atoms in total. The molecule has 134 valence electrons. The van der Waals surface area contributed by atoms with Crippen molar-refractivity contribution < 1.29 is 17.6 Å². The molecule has 0 aliphatic rings. The van der Waals surface area contributed by atoms with Crippen LogP contribution in [-0.4, -0.2) is 24.1 Å². The van der Waals surface area contributed by atoms with Crippen LogP contribution in [0.4, 0.5) is 4.39 Å². The van der Waals surface area contributed by atoms with E-state index in [4.69, 9.17) is 0 Å². The third kappa shape index (κ3) is 3.97. The summed E-state index contributed by atoms with van der Waals surface area (Å²) in [4.78, 5) is 12.1. The summed E-state index contributed by atoms with van der Waals surface area (Å²) in [5.41, 5.74) is 2.03. The number of hydrogen-bond acceptors (Lipinski definition) is 4. The average Bonchev–Trinajstić information content (AvgIpc) is 2.95. The van der Waals surface area contributed by atoms with E-state index in [2.05, 4.69) is 5.10 Å². The maximum Gasteiger partial charge on any atom is 0.264 e. The van der Waals surface area contributed by atoms with Crippen LogP contribution >= 0.6 is 0 Å². The van der Waals surface area contributed by atoms with Crippen LogP contribution in [0.2, 0.25) is 0 Å². The first-order valence-corrected chi connectivity index (χ1v) is 9.26. The van der Waals surface area contributed by atoms with Crippen LogP contribution in [0.3, 0.4) is 0 Å². The summed E-state index contributed by atoms with van der Waals surface area (Å²) in [5.74, 6) is -1.26. The number of halogens is 1. The molecule has 0 aliphatic heterocycles. The molecule has 0 fully saturated rings. The Morgan fingerprint density at radius 1 is 1.12 bits per heavy atom. The number of aryl methyl sites for hydroxylation is 1. The Balaban J connectivity index is 1.80. The molecule has 0 bridgehead atoms. The first-order valence-electron chi connectivity index (χ1n) is 7.77. The van der Waals surface area contributed by atoms with E-state index in [1.807, 2.05) is 35.1 Å². The molecule has 26 heavy (non-hydrogen) atoms. The zero-order valence-corrected chi connectivity index (χ0v) is 14.7. The van der Waals surface area contributed by atoms with E-state index in [1.54, 1.807) is 17.7 Å². The van der Waals surface area contributed by atoms with Gasteiger partial charge < -0.3 is 0 Å². The maximum absolute atomic E-state index is 12.9. The highest BCUT2D eigenvalue weighted by Crippen LogP contribution is 2.14. The number of carbonyl (C=O) groups excluding carboxylic acids is 1. The highest BCUT2D eigenvalue weighted by atomic mass is 32.2. The van der Waals surface area contributed by atoms with Crippen LogP contribution in [0, 0.1) is 12.7 Å². The lowest BCUT2D eigenvalue weighted by molar-refractivity contribution is -0.118. The van der Waals surface area contributed by atoms with E-state index >= 15 is 0 Å². The molecule has 3 aromatic rings. The van der Waals surface area contributed by atoms with Gasteiger partial charge in [0.15, 0.2) is 0 Å². The predicted octanol–water partition coefficient (Wildman–Crippen LogP) is 2.37. The third-order valence-corrected chi connectivity index (χ3v) is 5.01. The normalized spacial score (nSPS) is 11.3. The van der Waals surface area contributed by atoms with Gasteiger partial charge in [0.25, 0.3) is 10.0 Å². The van der Waals surface area contributed by atoms with Crippen LogP contribution in [-0.2, 0) is 21.2 Å². The molecule has 2 aromatic carbocycles. The highest BCUT2D eigenvalue weighted by molar-refractivity contribution is 7.90. The molecule has 3 rings (SSSR count). The number of nitrogens with zero attached hydrogens (tertiary/aromatic N) is 2. The quantitative estimate of drug-likeness (QED) is 0.744. The number of rotatable bonds is 5.